The van der Waals surface area contributed by atoms with E-state index in [1.165, 1.54) is 0 Å². The molecule has 1 heteroatoms. The van der Waals surface area contributed by atoms with E-state index in [0.29, 0.717) is 12.2 Å². The summed E-state index contributed by atoms with van der Waals surface area (Å²) in [5, 5.41) is 0. The zero-order chi connectivity index (χ0) is 5.98. The molecule has 0 aromatic heterocycles. The molecule has 2 radical (unpaired) electrons. The van der Waals surface area contributed by atoms with Gasteiger partial charge in [-0.05, 0) is 33.1 Å². The summed E-state index contributed by atoms with van der Waals surface area (Å²) < 4.78 is 5.42. The second-order valence-corrected chi connectivity index (χ2v) is 2.42. The number of rotatable bonds is 0. The molecule has 1 saturated heterocycles. The van der Waals surface area contributed by atoms with Crippen LogP contribution in [0.1, 0.15) is 26.7 Å². The first-order valence-corrected chi connectivity index (χ1v) is 3.15. The summed E-state index contributed by atoms with van der Waals surface area (Å²) in [4.78, 5) is 0. The maximum atomic E-state index is 5.42. The van der Waals surface area contributed by atoms with Crippen LogP contribution in [0.15, 0.2) is 0 Å². The van der Waals surface area contributed by atoms with Gasteiger partial charge in [-0.15, -0.1) is 0 Å². The van der Waals surface area contributed by atoms with Crippen molar-refractivity contribution in [2.75, 3.05) is 0 Å². The summed E-state index contributed by atoms with van der Waals surface area (Å²) in [5.74, 6) is 0. The molecule has 0 aliphatic carbocycles. The van der Waals surface area contributed by atoms with Crippen LogP contribution >= 0.6 is 0 Å². The van der Waals surface area contributed by atoms with Gasteiger partial charge in [0.15, 0.2) is 0 Å². The van der Waals surface area contributed by atoms with Gasteiger partial charge in [0.25, 0.3) is 0 Å². The lowest BCUT2D eigenvalue weighted by atomic mass is 10.1. The highest BCUT2D eigenvalue weighted by Gasteiger charge is 2.14. The number of hydrogen-bond acceptors (Lipinski definition) is 1. The fraction of sp³-hybridized carbons (Fsp3) is 0.857. The maximum absolute atomic E-state index is 5.42. The van der Waals surface area contributed by atoms with Gasteiger partial charge in [0, 0.05) is 0 Å². The highest BCUT2D eigenvalue weighted by atomic mass is 16.5. The molecular weight excluding hydrogens is 100 g/mol. The summed E-state index contributed by atoms with van der Waals surface area (Å²) >= 11 is 0. The molecule has 0 aromatic rings. The molecule has 1 aliphatic heterocycles. The lowest BCUT2D eigenvalue weighted by molar-refractivity contribution is -0.0121. The Morgan fingerprint density at radius 3 is 2.00 bits per heavy atom. The zero-order valence-electron chi connectivity index (χ0n) is 5.48. The predicted molar refractivity (Wildman–Crippen MR) is 32.5 cm³/mol. The van der Waals surface area contributed by atoms with E-state index in [2.05, 4.69) is 20.3 Å². The van der Waals surface area contributed by atoms with E-state index in [9.17, 15) is 0 Å². The first-order valence-electron chi connectivity index (χ1n) is 3.15. The minimum absolute atomic E-state index is 0.402. The molecule has 0 unspecified atom stereocenters. The molecule has 0 saturated carbocycles. The highest BCUT2D eigenvalue weighted by molar-refractivity contribution is 4.77. The van der Waals surface area contributed by atoms with Gasteiger partial charge in [-0.1, -0.05) is 0 Å². The topological polar surface area (TPSA) is 9.23 Å². The molecule has 46 valence electrons. The Morgan fingerprint density at radius 1 is 1.25 bits per heavy atom. The third kappa shape index (κ3) is 1.48. The quantitative estimate of drug-likeness (QED) is 0.463. The Hall–Kier alpha value is -0.0400. The van der Waals surface area contributed by atoms with Crippen LogP contribution in [0.4, 0.5) is 0 Å². The molecule has 1 heterocycles. The van der Waals surface area contributed by atoms with Crippen LogP contribution in [0.5, 0.6) is 0 Å². The predicted octanol–water partition coefficient (Wildman–Crippen LogP) is 1.66. The van der Waals surface area contributed by atoms with Gasteiger partial charge in [0.1, 0.15) is 0 Å². The largest absolute Gasteiger partial charge is 0.376 e. The van der Waals surface area contributed by atoms with E-state index in [-0.39, 0.29) is 0 Å². The molecule has 0 aromatic carbocycles. The Morgan fingerprint density at radius 2 is 1.75 bits per heavy atom. The third-order valence-electron chi connectivity index (χ3n) is 1.33. The standard InChI is InChI=1S/C7H12O/c1-6-4-3-5-7(2)8-6/h6-7H,4-5H2,1-2H3/t6-,7+. The fourth-order valence-corrected chi connectivity index (χ4v) is 0.983. The van der Waals surface area contributed by atoms with Gasteiger partial charge in [0.2, 0.25) is 0 Å². The summed E-state index contributed by atoms with van der Waals surface area (Å²) in [7, 11) is 0. The molecule has 8 heavy (non-hydrogen) atoms. The van der Waals surface area contributed by atoms with Crippen LogP contribution in [-0.4, -0.2) is 12.2 Å². The Balaban J connectivity index is 2.23. The Bertz CT molecular complexity index is 62.8. The van der Waals surface area contributed by atoms with Crippen molar-refractivity contribution in [1.82, 2.24) is 0 Å². The van der Waals surface area contributed by atoms with Crippen molar-refractivity contribution < 1.29 is 4.74 Å². The molecule has 2 atom stereocenters. The zero-order valence-corrected chi connectivity index (χ0v) is 5.48. The minimum atomic E-state index is 0.402. The maximum Gasteiger partial charge on any atom is 0.0556 e. The van der Waals surface area contributed by atoms with Crippen molar-refractivity contribution in [2.45, 2.75) is 38.9 Å². The van der Waals surface area contributed by atoms with Crippen molar-refractivity contribution >= 4 is 0 Å². The van der Waals surface area contributed by atoms with E-state index in [1.54, 1.807) is 0 Å². The molecule has 1 fully saturated rings. The van der Waals surface area contributed by atoms with E-state index in [0.717, 1.165) is 12.8 Å². The first-order chi connectivity index (χ1) is 3.79. The average Bonchev–Trinajstić information content (AvgIpc) is 1.64. The van der Waals surface area contributed by atoms with Gasteiger partial charge >= 0.3 is 0 Å². The monoisotopic (exact) mass is 112 g/mol. The molecule has 1 nitrogen and oxygen atoms in total. The van der Waals surface area contributed by atoms with E-state index < -0.39 is 0 Å². The van der Waals surface area contributed by atoms with Gasteiger partial charge in [-0.2, -0.15) is 0 Å². The average molecular weight is 112 g/mol. The van der Waals surface area contributed by atoms with E-state index in [1.807, 2.05) is 0 Å². The van der Waals surface area contributed by atoms with Gasteiger partial charge in [-0.25, -0.2) is 0 Å². The van der Waals surface area contributed by atoms with E-state index >= 15 is 0 Å². The van der Waals surface area contributed by atoms with Crippen molar-refractivity contribution in [1.29, 1.82) is 0 Å². The number of hydrogen-bond donors (Lipinski definition) is 0. The Kier molecular flexibility index (Phi) is 1.90. The second kappa shape index (κ2) is 2.49. The number of ether oxygens (including phenoxy) is 1. The SMILES string of the molecule is C[C@@H]1C[C]C[C@H](C)O1. The summed E-state index contributed by atoms with van der Waals surface area (Å²) in [6.45, 7) is 4.17. The van der Waals surface area contributed by atoms with Gasteiger partial charge in [-0.3, -0.25) is 0 Å². The first kappa shape index (κ1) is 6.09. The fourth-order valence-electron chi connectivity index (χ4n) is 0.983. The smallest absolute Gasteiger partial charge is 0.0556 e. The van der Waals surface area contributed by atoms with Crippen molar-refractivity contribution in [2.24, 2.45) is 0 Å². The molecule has 0 spiro atoms. The molecule has 1 aliphatic rings. The van der Waals surface area contributed by atoms with Crippen LogP contribution in [0.25, 0.3) is 0 Å². The molecule has 0 amide bonds. The lowest BCUT2D eigenvalue weighted by Gasteiger charge is -2.23. The second-order valence-electron chi connectivity index (χ2n) is 2.42. The van der Waals surface area contributed by atoms with Gasteiger partial charge < -0.3 is 4.74 Å². The van der Waals surface area contributed by atoms with Crippen molar-refractivity contribution in [3.8, 4) is 0 Å². The summed E-state index contributed by atoms with van der Waals surface area (Å²) in [5.41, 5.74) is 0. The molecule has 0 N–H and O–H groups in total. The lowest BCUT2D eigenvalue weighted by Crippen LogP contribution is -2.22. The van der Waals surface area contributed by atoms with Crippen LogP contribution < -0.4 is 0 Å². The molecular formula is C7H12O. The molecule has 1 rings (SSSR count). The minimum Gasteiger partial charge on any atom is -0.376 e. The molecule has 0 bridgehead atoms. The van der Waals surface area contributed by atoms with Crippen molar-refractivity contribution in [3.05, 3.63) is 6.42 Å². The summed E-state index contributed by atoms with van der Waals surface area (Å²) in [6, 6.07) is 0. The van der Waals surface area contributed by atoms with Crippen molar-refractivity contribution in [3.63, 3.8) is 0 Å². The van der Waals surface area contributed by atoms with E-state index in [4.69, 9.17) is 4.74 Å². The normalized spacial score (nSPS) is 39.8. The van der Waals surface area contributed by atoms with Crippen LogP contribution in [0.3, 0.4) is 0 Å². The van der Waals surface area contributed by atoms with Gasteiger partial charge in [0.05, 0.1) is 12.2 Å². The van der Waals surface area contributed by atoms with Crippen LogP contribution in [-0.2, 0) is 4.74 Å². The Labute approximate surface area is 51.0 Å². The summed E-state index contributed by atoms with van der Waals surface area (Å²) in [6.07, 6.45) is 6.07. The van der Waals surface area contributed by atoms with Crippen LogP contribution in [0, 0.1) is 6.42 Å². The van der Waals surface area contributed by atoms with Crippen LogP contribution in [0.2, 0.25) is 0 Å². The third-order valence-corrected chi connectivity index (χ3v) is 1.33. The highest BCUT2D eigenvalue weighted by Crippen LogP contribution is 2.16.